The Labute approximate surface area is 157 Å². The van der Waals surface area contributed by atoms with E-state index in [9.17, 15) is 22.4 Å². The van der Waals surface area contributed by atoms with Crippen molar-refractivity contribution in [1.29, 1.82) is 0 Å². The molecule has 28 heavy (non-hydrogen) atoms. The molecule has 0 radical (unpaired) electrons. The standard InChI is InChI=1S/C18H17F4N5O/c1-11-3-2-4-12(5-11)8-26-9-13(7-23-26)24-16(28)10-27-15(18(21)22)6-14(25-27)17(19)20/h2-7,9,17-18H,8,10H2,1H3,(H,24,28). The second kappa shape index (κ2) is 8.24. The number of halogens is 4. The molecular formula is C18H17F4N5O. The maximum absolute atomic E-state index is 13.0. The highest BCUT2D eigenvalue weighted by molar-refractivity contribution is 5.90. The number of alkyl halides is 4. The number of rotatable bonds is 7. The molecule has 2 aromatic heterocycles. The summed E-state index contributed by atoms with van der Waals surface area (Å²) in [6.07, 6.45) is -3.02. The van der Waals surface area contributed by atoms with Gasteiger partial charge in [-0.2, -0.15) is 10.2 Å². The van der Waals surface area contributed by atoms with Gasteiger partial charge in [0.05, 0.1) is 18.4 Å². The Morgan fingerprint density at radius 2 is 1.96 bits per heavy atom. The van der Waals surface area contributed by atoms with Crippen molar-refractivity contribution in [1.82, 2.24) is 19.6 Å². The van der Waals surface area contributed by atoms with Crippen LogP contribution in [0.5, 0.6) is 0 Å². The van der Waals surface area contributed by atoms with Crippen molar-refractivity contribution in [2.24, 2.45) is 0 Å². The molecule has 0 fully saturated rings. The highest BCUT2D eigenvalue weighted by Gasteiger charge is 2.22. The summed E-state index contributed by atoms with van der Waals surface area (Å²) in [5, 5.41) is 10.0. The van der Waals surface area contributed by atoms with Crippen molar-refractivity contribution in [2.75, 3.05) is 5.32 Å². The maximum Gasteiger partial charge on any atom is 0.282 e. The van der Waals surface area contributed by atoms with Crippen LogP contribution < -0.4 is 5.32 Å². The molecular weight excluding hydrogens is 378 g/mol. The number of nitrogens with zero attached hydrogens (tertiary/aromatic N) is 4. The lowest BCUT2D eigenvalue weighted by molar-refractivity contribution is -0.117. The molecule has 1 N–H and O–H groups in total. The zero-order valence-corrected chi connectivity index (χ0v) is 14.8. The Bertz CT molecular complexity index is 967. The van der Waals surface area contributed by atoms with Crippen LogP contribution in [0.2, 0.25) is 0 Å². The summed E-state index contributed by atoms with van der Waals surface area (Å²) in [5.41, 5.74) is 0.959. The summed E-state index contributed by atoms with van der Waals surface area (Å²) in [6, 6.07) is 8.44. The normalized spacial score (nSPS) is 11.4. The van der Waals surface area contributed by atoms with Gasteiger partial charge < -0.3 is 5.32 Å². The second-order valence-electron chi connectivity index (χ2n) is 6.22. The van der Waals surface area contributed by atoms with Crippen molar-refractivity contribution >= 4 is 11.6 Å². The molecule has 0 saturated heterocycles. The predicted octanol–water partition coefficient (Wildman–Crippen LogP) is 3.95. The maximum atomic E-state index is 13.0. The van der Waals surface area contributed by atoms with Crippen molar-refractivity contribution in [3.8, 4) is 0 Å². The average molecular weight is 395 g/mol. The van der Waals surface area contributed by atoms with Gasteiger partial charge in [-0.05, 0) is 18.6 Å². The van der Waals surface area contributed by atoms with E-state index < -0.39 is 36.7 Å². The summed E-state index contributed by atoms with van der Waals surface area (Å²) in [4.78, 5) is 12.1. The van der Waals surface area contributed by atoms with Crippen LogP contribution in [0.15, 0.2) is 42.7 Å². The summed E-state index contributed by atoms with van der Waals surface area (Å²) in [6.45, 7) is 1.85. The third kappa shape index (κ3) is 4.76. The first-order valence-electron chi connectivity index (χ1n) is 8.33. The summed E-state index contributed by atoms with van der Waals surface area (Å²) < 4.78 is 53.5. The second-order valence-corrected chi connectivity index (χ2v) is 6.22. The van der Waals surface area contributed by atoms with Gasteiger partial charge in [0.1, 0.15) is 17.9 Å². The summed E-state index contributed by atoms with van der Waals surface area (Å²) in [7, 11) is 0. The van der Waals surface area contributed by atoms with Crippen molar-refractivity contribution in [3.05, 3.63) is 65.2 Å². The molecule has 10 heteroatoms. The Hall–Kier alpha value is -3.17. The van der Waals surface area contributed by atoms with Crippen LogP contribution in [0.25, 0.3) is 0 Å². The van der Waals surface area contributed by atoms with E-state index in [2.05, 4.69) is 15.5 Å². The van der Waals surface area contributed by atoms with E-state index in [1.54, 1.807) is 10.9 Å². The number of aryl methyl sites for hydroxylation is 1. The van der Waals surface area contributed by atoms with Crippen LogP contribution in [0.1, 0.15) is 35.4 Å². The first kappa shape index (κ1) is 19.6. The quantitative estimate of drug-likeness (QED) is 0.616. The Morgan fingerprint density at radius 3 is 2.64 bits per heavy atom. The third-order valence-electron chi connectivity index (χ3n) is 3.91. The SMILES string of the molecule is Cc1cccc(Cn2cc(NC(=O)Cn3nc(C(F)F)cc3C(F)F)cn2)c1. The van der Waals surface area contributed by atoms with Crippen LogP contribution >= 0.6 is 0 Å². The fraction of sp³-hybridized carbons (Fsp3) is 0.278. The number of hydrogen-bond acceptors (Lipinski definition) is 3. The summed E-state index contributed by atoms with van der Waals surface area (Å²) >= 11 is 0. The van der Waals surface area contributed by atoms with Crippen LogP contribution in [0.3, 0.4) is 0 Å². The zero-order valence-electron chi connectivity index (χ0n) is 14.8. The monoisotopic (exact) mass is 395 g/mol. The molecule has 3 rings (SSSR count). The van der Waals surface area contributed by atoms with Gasteiger partial charge in [-0.3, -0.25) is 14.2 Å². The van der Waals surface area contributed by atoms with Gasteiger partial charge in [0.15, 0.2) is 0 Å². The van der Waals surface area contributed by atoms with Crippen LogP contribution in [0.4, 0.5) is 23.2 Å². The highest BCUT2D eigenvalue weighted by atomic mass is 19.3. The fourth-order valence-electron chi connectivity index (χ4n) is 2.71. The molecule has 2 heterocycles. The first-order chi connectivity index (χ1) is 13.3. The average Bonchev–Trinajstić information content (AvgIpc) is 3.22. The lowest BCUT2D eigenvalue weighted by Crippen LogP contribution is -2.21. The van der Waals surface area contributed by atoms with E-state index in [4.69, 9.17) is 0 Å². The molecule has 6 nitrogen and oxygen atoms in total. The molecule has 0 atom stereocenters. The minimum atomic E-state index is -3.02. The number of carbonyl (C=O) groups is 1. The number of hydrogen-bond donors (Lipinski definition) is 1. The third-order valence-corrected chi connectivity index (χ3v) is 3.91. The smallest absolute Gasteiger partial charge is 0.282 e. The van der Waals surface area contributed by atoms with E-state index >= 15 is 0 Å². The van der Waals surface area contributed by atoms with Gasteiger partial charge in [-0.15, -0.1) is 0 Å². The van der Waals surface area contributed by atoms with Gasteiger partial charge in [-0.1, -0.05) is 29.8 Å². The first-order valence-corrected chi connectivity index (χ1v) is 8.33. The number of carbonyl (C=O) groups excluding carboxylic acids is 1. The van der Waals surface area contributed by atoms with Gasteiger partial charge in [0, 0.05) is 6.20 Å². The lowest BCUT2D eigenvalue weighted by atomic mass is 10.1. The van der Waals surface area contributed by atoms with Crippen LogP contribution in [0, 0.1) is 6.92 Å². The number of amides is 1. The molecule has 0 aliphatic rings. The molecule has 3 aromatic rings. The molecule has 1 amide bonds. The minimum Gasteiger partial charge on any atom is -0.322 e. The largest absolute Gasteiger partial charge is 0.322 e. The number of anilines is 1. The van der Waals surface area contributed by atoms with E-state index in [1.165, 1.54) is 6.20 Å². The molecule has 0 aliphatic heterocycles. The van der Waals surface area contributed by atoms with Crippen molar-refractivity contribution in [2.45, 2.75) is 32.9 Å². The molecule has 0 saturated carbocycles. The molecule has 0 bridgehead atoms. The highest BCUT2D eigenvalue weighted by Crippen LogP contribution is 2.25. The number of benzene rings is 1. The summed E-state index contributed by atoms with van der Waals surface area (Å²) in [5.74, 6) is -0.680. The van der Waals surface area contributed by atoms with Gasteiger partial charge in [0.25, 0.3) is 12.9 Å². The predicted molar refractivity (Wildman–Crippen MR) is 93.3 cm³/mol. The lowest BCUT2D eigenvalue weighted by Gasteiger charge is -2.06. The molecule has 1 aromatic carbocycles. The fourth-order valence-corrected chi connectivity index (χ4v) is 2.71. The van der Waals surface area contributed by atoms with Gasteiger partial charge >= 0.3 is 0 Å². The Kier molecular flexibility index (Phi) is 5.76. The van der Waals surface area contributed by atoms with E-state index in [0.717, 1.165) is 11.1 Å². The van der Waals surface area contributed by atoms with E-state index in [1.807, 2.05) is 31.2 Å². The Morgan fingerprint density at radius 1 is 1.18 bits per heavy atom. The molecule has 0 aliphatic carbocycles. The van der Waals surface area contributed by atoms with Crippen LogP contribution in [-0.4, -0.2) is 25.5 Å². The van der Waals surface area contributed by atoms with E-state index in [-0.39, 0.29) is 0 Å². The minimum absolute atomic E-state index is 0.359. The van der Waals surface area contributed by atoms with Crippen molar-refractivity contribution < 1.29 is 22.4 Å². The topological polar surface area (TPSA) is 64.7 Å². The molecule has 0 spiro atoms. The van der Waals surface area contributed by atoms with Crippen molar-refractivity contribution in [3.63, 3.8) is 0 Å². The number of aromatic nitrogens is 4. The Balaban J connectivity index is 1.65. The van der Waals surface area contributed by atoms with Crippen LogP contribution in [-0.2, 0) is 17.9 Å². The number of nitrogens with one attached hydrogen (secondary N) is 1. The van der Waals surface area contributed by atoms with E-state index in [0.29, 0.717) is 23.0 Å². The van der Waals surface area contributed by atoms with Gasteiger partial charge in [-0.25, -0.2) is 17.6 Å². The van der Waals surface area contributed by atoms with Gasteiger partial charge in [0.2, 0.25) is 5.91 Å². The molecule has 0 unspecified atom stereocenters. The molecule has 148 valence electrons. The zero-order chi connectivity index (χ0) is 20.3.